The maximum absolute atomic E-state index is 11.6. The fraction of sp³-hybridized carbons (Fsp3) is 0.148. The van der Waals surface area contributed by atoms with E-state index in [4.69, 9.17) is 4.74 Å². The minimum absolute atomic E-state index is 0.293. The number of anilines is 3. The van der Waals surface area contributed by atoms with Gasteiger partial charge in [-0.2, -0.15) is 9.97 Å². The van der Waals surface area contributed by atoms with E-state index in [0.717, 1.165) is 29.5 Å². The van der Waals surface area contributed by atoms with E-state index in [1.165, 1.54) is 11.6 Å². The Labute approximate surface area is 208 Å². The molecular weight excluding hydrogens is 454 g/mol. The largest absolute Gasteiger partial charge is 0.438 e. The molecule has 5 rings (SSSR count). The van der Waals surface area contributed by atoms with E-state index in [1.54, 1.807) is 30.5 Å². The van der Waals surface area contributed by atoms with Crippen LogP contribution in [0.2, 0.25) is 0 Å². The monoisotopic (exact) mass is 481 g/mol. The number of carbonyl (C=O) groups excluding carboxylic acids is 1. The van der Waals surface area contributed by atoms with Crippen molar-refractivity contribution in [2.45, 2.75) is 6.54 Å². The summed E-state index contributed by atoms with van der Waals surface area (Å²) < 4.78 is 8.36. The van der Waals surface area contributed by atoms with E-state index in [-0.39, 0.29) is 5.91 Å². The fourth-order valence-electron chi connectivity index (χ4n) is 3.90. The van der Waals surface area contributed by atoms with Gasteiger partial charge in [0.05, 0.1) is 5.39 Å². The Bertz CT molecular complexity index is 1550. The van der Waals surface area contributed by atoms with Gasteiger partial charge in [-0.1, -0.05) is 12.6 Å². The fourth-order valence-corrected chi connectivity index (χ4v) is 3.90. The van der Waals surface area contributed by atoms with Crippen molar-refractivity contribution in [3.63, 3.8) is 0 Å². The number of hydrogen-bond acceptors (Lipinski definition) is 6. The number of carbonyl (C=O) groups is 1. The molecule has 0 saturated carbocycles. The minimum atomic E-state index is -0.293. The van der Waals surface area contributed by atoms with E-state index in [2.05, 4.69) is 80.1 Å². The predicted octanol–water partition coefficient (Wildman–Crippen LogP) is 5.13. The van der Waals surface area contributed by atoms with Crippen LogP contribution >= 0.6 is 0 Å². The summed E-state index contributed by atoms with van der Waals surface area (Å²) in [4.78, 5) is 26.2. The van der Waals surface area contributed by atoms with Crippen molar-refractivity contribution in [2.75, 3.05) is 31.3 Å². The molecule has 0 aliphatic heterocycles. The van der Waals surface area contributed by atoms with E-state index < -0.39 is 0 Å². The number of benzene rings is 2. The summed E-state index contributed by atoms with van der Waals surface area (Å²) in [5, 5.41) is 7.91. The number of ether oxygens (including phenoxy) is 1. The Morgan fingerprint density at radius 2 is 2.03 bits per heavy atom. The molecule has 9 nitrogen and oxygen atoms in total. The number of nitrogens with zero attached hydrogens (tertiary/aromatic N) is 4. The second-order valence-corrected chi connectivity index (χ2v) is 8.63. The third-order valence-electron chi connectivity index (χ3n) is 5.70. The molecule has 3 aromatic heterocycles. The van der Waals surface area contributed by atoms with Crippen LogP contribution in [0.4, 0.5) is 17.3 Å². The van der Waals surface area contributed by atoms with Gasteiger partial charge in [0, 0.05) is 53.8 Å². The maximum atomic E-state index is 11.6. The maximum Gasteiger partial charge on any atom is 0.247 e. The van der Waals surface area contributed by atoms with Gasteiger partial charge < -0.3 is 29.8 Å². The number of aromatic amines is 1. The molecule has 0 unspecified atom stereocenters. The van der Waals surface area contributed by atoms with Crippen LogP contribution in [0, 0.1) is 0 Å². The molecule has 0 saturated heterocycles. The van der Waals surface area contributed by atoms with E-state index >= 15 is 0 Å². The number of H-pyrrole nitrogens is 1. The summed E-state index contributed by atoms with van der Waals surface area (Å²) >= 11 is 0. The summed E-state index contributed by atoms with van der Waals surface area (Å²) in [5.74, 6) is 1.04. The quantitative estimate of drug-likeness (QED) is 0.252. The molecule has 0 atom stereocenters. The van der Waals surface area contributed by atoms with E-state index in [9.17, 15) is 4.79 Å². The highest BCUT2D eigenvalue weighted by atomic mass is 16.5. The molecule has 1 amide bonds. The number of rotatable bonds is 9. The Hall–Kier alpha value is -4.63. The highest BCUT2D eigenvalue weighted by Gasteiger charge is 2.13. The van der Waals surface area contributed by atoms with E-state index in [0.29, 0.717) is 28.9 Å². The highest BCUT2D eigenvalue weighted by Crippen LogP contribution is 2.30. The van der Waals surface area contributed by atoms with Gasteiger partial charge in [-0.15, -0.1) is 0 Å². The van der Waals surface area contributed by atoms with Crippen molar-refractivity contribution in [1.82, 2.24) is 24.4 Å². The molecule has 0 bridgehead atoms. The summed E-state index contributed by atoms with van der Waals surface area (Å²) in [6.07, 6.45) is 5.12. The predicted molar refractivity (Wildman–Crippen MR) is 143 cm³/mol. The van der Waals surface area contributed by atoms with Crippen LogP contribution in [0.5, 0.6) is 11.6 Å². The average Bonchev–Trinajstić information content (AvgIpc) is 3.49. The van der Waals surface area contributed by atoms with Crippen LogP contribution in [0.15, 0.2) is 79.6 Å². The molecule has 3 heterocycles. The van der Waals surface area contributed by atoms with Gasteiger partial charge in [0.25, 0.3) is 0 Å². The Morgan fingerprint density at radius 3 is 2.86 bits per heavy atom. The number of hydrogen-bond donors (Lipinski definition) is 3. The lowest BCUT2D eigenvalue weighted by atomic mass is 10.2. The molecule has 36 heavy (non-hydrogen) atoms. The molecule has 0 radical (unpaired) electrons. The zero-order chi connectivity index (χ0) is 25.1. The SMILES string of the molecule is C=CC(=O)Nc1cccc(Oc2nc(Nc3ccc4c(ccn4CCN(C)C)c3)nc3[nH]ccc23)c1. The first-order chi connectivity index (χ1) is 17.5. The van der Waals surface area contributed by atoms with Crippen LogP contribution in [0.25, 0.3) is 21.9 Å². The number of fused-ring (bicyclic) bond motifs is 2. The smallest absolute Gasteiger partial charge is 0.247 e. The molecule has 0 spiro atoms. The number of aromatic nitrogens is 4. The summed E-state index contributed by atoms with van der Waals surface area (Å²) in [5.41, 5.74) is 3.30. The minimum Gasteiger partial charge on any atom is -0.438 e. The van der Waals surface area contributed by atoms with Crippen molar-refractivity contribution < 1.29 is 9.53 Å². The molecular formula is C27H27N7O2. The standard InChI is InChI=1S/C27H27N7O2/c1-4-24(35)29-19-6-5-7-21(17-19)36-26-22-10-12-28-25(22)31-27(32-26)30-20-8-9-23-18(16-20)11-13-34(23)15-14-33(2)3/h4-13,16-17H,1,14-15H2,2-3H3,(H,29,35)(H2,28,30,31,32). The number of amides is 1. The van der Waals surface area contributed by atoms with Crippen LogP contribution in [-0.4, -0.2) is 51.0 Å². The van der Waals surface area contributed by atoms with Crippen molar-refractivity contribution in [3.05, 3.63) is 79.6 Å². The van der Waals surface area contributed by atoms with Gasteiger partial charge in [-0.25, -0.2) is 0 Å². The van der Waals surface area contributed by atoms with Gasteiger partial charge in [0.2, 0.25) is 17.7 Å². The molecule has 2 aromatic carbocycles. The first-order valence-corrected chi connectivity index (χ1v) is 11.6. The third-order valence-corrected chi connectivity index (χ3v) is 5.70. The Morgan fingerprint density at radius 1 is 1.14 bits per heavy atom. The third kappa shape index (κ3) is 5.06. The lowest BCUT2D eigenvalue weighted by Crippen LogP contribution is -2.17. The summed E-state index contributed by atoms with van der Waals surface area (Å²) in [7, 11) is 4.15. The van der Waals surface area contributed by atoms with Gasteiger partial charge in [0.1, 0.15) is 11.4 Å². The second kappa shape index (κ2) is 9.93. The Kier molecular flexibility index (Phi) is 6.38. The van der Waals surface area contributed by atoms with Crippen LogP contribution in [0.1, 0.15) is 0 Å². The Balaban J connectivity index is 1.40. The molecule has 5 aromatic rings. The molecule has 9 heteroatoms. The zero-order valence-electron chi connectivity index (χ0n) is 20.2. The molecule has 0 aliphatic carbocycles. The van der Waals surface area contributed by atoms with Crippen molar-refractivity contribution in [2.24, 2.45) is 0 Å². The van der Waals surface area contributed by atoms with Gasteiger partial charge in [-0.3, -0.25) is 4.79 Å². The molecule has 0 aliphatic rings. The zero-order valence-corrected chi connectivity index (χ0v) is 20.2. The van der Waals surface area contributed by atoms with Crippen LogP contribution < -0.4 is 15.4 Å². The van der Waals surface area contributed by atoms with Gasteiger partial charge in [-0.05, 0) is 62.6 Å². The van der Waals surface area contributed by atoms with Gasteiger partial charge >= 0.3 is 0 Å². The lowest BCUT2D eigenvalue weighted by molar-refractivity contribution is -0.111. The number of likely N-dealkylation sites (N-methyl/N-ethyl adjacent to an activating group) is 1. The summed E-state index contributed by atoms with van der Waals surface area (Å²) in [6.45, 7) is 5.38. The van der Waals surface area contributed by atoms with Crippen LogP contribution in [-0.2, 0) is 11.3 Å². The van der Waals surface area contributed by atoms with Crippen molar-refractivity contribution >= 4 is 45.2 Å². The average molecular weight is 482 g/mol. The highest BCUT2D eigenvalue weighted by molar-refractivity contribution is 5.99. The molecule has 3 N–H and O–H groups in total. The van der Waals surface area contributed by atoms with E-state index in [1.807, 2.05) is 12.1 Å². The van der Waals surface area contributed by atoms with Crippen molar-refractivity contribution in [1.29, 1.82) is 0 Å². The topological polar surface area (TPSA) is 100 Å². The van der Waals surface area contributed by atoms with Crippen molar-refractivity contribution in [3.8, 4) is 11.6 Å². The number of nitrogens with one attached hydrogen (secondary N) is 3. The second-order valence-electron chi connectivity index (χ2n) is 8.63. The molecule has 182 valence electrons. The first kappa shape index (κ1) is 23.1. The first-order valence-electron chi connectivity index (χ1n) is 11.6. The normalized spacial score (nSPS) is 11.2. The lowest BCUT2D eigenvalue weighted by Gasteiger charge is -2.12. The van der Waals surface area contributed by atoms with Crippen LogP contribution in [0.3, 0.4) is 0 Å². The van der Waals surface area contributed by atoms with Gasteiger partial charge in [0.15, 0.2) is 0 Å². The molecule has 0 fully saturated rings. The summed E-state index contributed by atoms with van der Waals surface area (Å²) in [6, 6.07) is 17.3.